The molecule has 1 heterocycles. The van der Waals surface area contributed by atoms with E-state index in [9.17, 15) is 22.8 Å². The Morgan fingerprint density at radius 2 is 2.04 bits per heavy atom. The van der Waals surface area contributed by atoms with Crippen LogP contribution < -0.4 is 0 Å². The second kappa shape index (κ2) is 7.08. The summed E-state index contributed by atoms with van der Waals surface area (Å²) in [6, 6.07) is 4.25. The SMILES string of the molecule is COC(=O)c1cnc(SCC(=O)c2cccc(C(F)(F)F)c2)n1C. The molecule has 24 heavy (non-hydrogen) atoms. The minimum Gasteiger partial charge on any atom is -0.464 e. The normalized spacial score (nSPS) is 11.4. The third-order valence-electron chi connectivity index (χ3n) is 3.18. The number of hydrogen-bond acceptors (Lipinski definition) is 5. The second-order valence-corrected chi connectivity index (χ2v) is 5.71. The number of halogens is 3. The van der Waals surface area contributed by atoms with Crippen molar-refractivity contribution in [3.05, 3.63) is 47.3 Å². The molecule has 0 atom stereocenters. The smallest absolute Gasteiger partial charge is 0.416 e. The van der Waals surface area contributed by atoms with Gasteiger partial charge < -0.3 is 9.30 Å². The fourth-order valence-corrected chi connectivity index (χ4v) is 2.75. The Kier molecular flexibility index (Phi) is 5.33. The average Bonchev–Trinajstić information content (AvgIpc) is 2.92. The number of ketones is 1. The molecule has 0 fully saturated rings. The van der Waals surface area contributed by atoms with Crippen molar-refractivity contribution >= 4 is 23.5 Å². The van der Waals surface area contributed by atoms with Gasteiger partial charge in [0.25, 0.3) is 0 Å². The Hall–Kier alpha value is -2.29. The Morgan fingerprint density at radius 3 is 2.67 bits per heavy atom. The highest BCUT2D eigenvalue weighted by atomic mass is 32.2. The van der Waals surface area contributed by atoms with Crippen LogP contribution in [0.3, 0.4) is 0 Å². The number of esters is 1. The van der Waals surface area contributed by atoms with Crippen LogP contribution >= 0.6 is 11.8 Å². The van der Waals surface area contributed by atoms with Gasteiger partial charge in [-0.05, 0) is 12.1 Å². The van der Waals surface area contributed by atoms with Crippen molar-refractivity contribution in [3.63, 3.8) is 0 Å². The van der Waals surface area contributed by atoms with Gasteiger partial charge in [0.2, 0.25) is 0 Å². The summed E-state index contributed by atoms with van der Waals surface area (Å²) in [5.74, 6) is -1.14. The van der Waals surface area contributed by atoms with Gasteiger partial charge in [0.15, 0.2) is 10.9 Å². The van der Waals surface area contributed by atoms with E-state index >= 15 is 0 Å². The Labute approximate surface area is 139 Å². The molecule has 0 unspecified atom stereocenters. The molecule has 0 N–H and O–H groups in total. The molecule has 0 aliphatic carbocycles. The van der Waals surface area contributed by atoms with Crippen molar-refractivity contribution in [2.24, 2.45) is 7.05 Å². The summed E-state index contributed by atoms with van der Waals surface area (Å²) in [6.45, 7) is 0. The number of alkyl halides is 3. The number of nitrogens with zero attached hydrogens (tertiary/aromatic N) is 2. The first-order valence-electron chi connectivity index (χ1n) is 6.67. The van der Waals surface area contributed by atoms with Gasteiger partial charge in [0, 0.05) is 12.6 Å². The van der Waals surface area contributed by atoms with Gasteiger partial charge in [-0.15, -0.1) is 0 Å². The van der Waals surface area contributed by atoms with Crippen molar-refractivity contribution in [1.82, 2.24) is 9.55 Å². The van der Waals surface area contributed by atoms with Crippen LogP contribution in [0.1, 0.15) is 26.4 Å². The van der Waals surface area contributed by atoms with E-state index in [1.54, 1.807) is 7.05 Å². The summed E-state index contributed by atoms with van der Waals surface area (Å²) >= 11 is 1.03. The predicted molar refractivity (Wildman–Crippen MR) is 81.0 cm³/mol. The summed E-state index contributed by atoms with van der Waals surface area (Å²) in [6.07, 6.45) is -3.19. The highest BCUT2D eigenvalue weighted by Crippen LogP contribution is 2.30. The first-order valence-corrected chi connectivity index (χ1v) is 7.66. The molecule has 1 aromatic heterocycles. The highest BCUT2D eigenvalue weighted by molar-refractivity contribution is 7.99. The van der Waals surface area contributed by atoms with Gasteiger partial charge in [0.05, 0.1) is 24.6 Å². The fraction of sp³-hybridized carbons (Fsp3) is 0.267. The van der Waals surface area contributed by atoms with E-state index in [1.807, 2.05) is 0 Å². The molecule has 2 aromatic rings. The van der Waals surface area contributed by atoms with E-state index in [1.165, 1.54) is 30.0 Å². The van der Waals surface area contributed by atoms with Gasteiger partial charge in [-0.1, -0.05) is 23.9 Å². The molecule has 128 valence electrons. The number of rotatable bonds is 5. The molecule has 0 aliphatic rings. The molecule has 0 saturated carbocycles. The van der Waals surface area contributed by atoms with E-state index in [-0.39, 0.29) is 17.0 Å². The molecule has 2 rings (SSSR count). The zero-order valence-corrected chi connectivity index (χ0v) is 13.6. The van der Waals surface area contributed by atoms with Crippen LogP contribution in [0.15, 0.2) is 35.6 Å². The van der Waals surface area contributed by atoms with Crippen LogP contribution in [0, 0.1) is 0 Å². The van der Waals surface area contributed by atoms with Crippen molar-refractivity contribution < 1.29 is 27.5 Å². The lowest BCUT2D eigenvalue weighted by molar-refractivity contribution is -0.137. The number of imidazole rings is 1. The number of carbonyl (C=O) groups excluding carboxylic acids is 2. The molecule has 0 amide bonds. The third kappa shape index (κ3) is 3.97. The largest absolute Gasteiger partial charge is 0.464 e. The number of Topliss-reactive ketones (excluding diaryl/α,β-unsaturated/α-hetero) is 1. The number of hydrogen-bond donors (Lipinski definition) is 0. The first kappa shape index (κ1) is 18.1. The van der Waals surface area contributed by atoms with Crippen molar-refractivity contribution in [3.8, 4) is 0 Å². The van der Waals surface area contributed by atoms with Crippen molar-refractivity contribution in [2.45, 2.75) is 11.3 Å². The summed E-state index contributed by atoms with van der Waals surface area (Å²) in [7, 11) is 2.82. The zero-order valence-electron chi connectivity index (χ0n) is 12.8. The lowest BCUT2D eigenvalue weighted by Gasteiger charge is -2.08. The standard InChI is InChI=1S/C15H13F3N2O3S/c1-20-11(13(22)23-2)7-19-14(20)24-8-12(21)9-4-3-5-10(6-9)15(16,17)18/h3-7H,8H2,1-2H3. The van der Waals surface area contributed by atoms with Crippen LogP contribution in [0.4, 0.5) is 13.2 Å². The number of methoxy groups -OCH3 is 1. The number of benzene rings is 1. The molecule has 5 nitrogen and oxygen atoms in total. The summed E-state index contributed by atoms with van der Waals surface area (Å²) in [5, 5.41) is 0.385. The minimum absolute atomic E-state index is 0.0280. The fourth-order valence-electron chi connectivity index (χ4n) is 1.90. The molecule has 0 radical (unpaired) electrons. The number of carbonyl (C=O) groups is 2. The van der Waals surface area contributed by atoms with E-state index in [2.05, 4.69) is 9.72 Å². The Balaban J connectivity index is 2.09. The van der Waals surface area contributed by atoms with Crippen LogP contribution in [0.5, 0.6) is 0 Å². The number of ether oxygens (including phenoxy) is 1. The number of aromatic nitrogens is 2. The molecule has 9 heteroatoms. The lowest BCUT2D eigenvalue weighted by atomic mass is 10.1. The molecule has 1 aromatic carbocycles. The third-order valence-corrected chi connectivity index (χ3v) is 4.23. The minimum atomic E-state index is -4.50. The van der Waals surface area contributed by atoms with Crippen LogP contribution in [0.25, 0.3) is 0 Å². The van der Waals surface area contributed by atoms with E-state index in [0.29, 0.717) is 5.16 Å². The molecule has 0 bridgehead atoms. The van der Waals surface area contributed by atoms with Gasteiger partial charge in [-0.3, -0.25) is 4.79 Å². The van der Waals surface area contributed by atoms with Crippen LogP contribution in [0.2, 0.25) is 0 Å². The van der Waals surface area contributed by atoms with E-state index < -0.39 is 23.5 Å². The maximum atomic E-state index is 12.7. The van der Waals surface area contributed by atoms with Gasteiger partial charge >= 0.3 is 12.1 Å². The maximum absolute atomic E-state index is 12.7. The molecular formula is C15H13F3N2O3S. The summed E-state index contributed by atoms with van der Waals surface area (Å²) in [4.78, 5) is 27.6. The Bertz CT molecular complexity index is 772. The predicted octanol–water partition coefficient (Wildman–Crippen LogP) is 3.20. The highest BCUT2D eigenvalue weighted by Gasteiger charge is 2.30. The molecule has 0 spiro atoms. The summed E-state index contributed by atoms with van der Waals surface area (Å²) < 4.78 is 44.1. The van der Waals surface area contributed by atoms with E-state index in [0.717, 1.165) is 23.9 Å². The van der Waals surface area contributed by atoms with E-state index in [4.69, 9.17) is 0 Å². The monoisotopic (exact) mass is 358 g/mol. The summed E-state index contributed by atoms with van der Waals surface area (Å²) in [5.41, 5.74) is -0.686. The zero-order chi connectivity index (χ0) is 17.9. The van der Waals surface area contributed by atoms with Crippen LogP contribution in [-0.2, 0) is 18.0 Å². The average molecular weight is 358 g/mol. The number of thioether (sulfide) groups is 1. The molecule has 0 aliphatic heterocycles. The first-order chi connectivity index (χ1) is 11.2. The molecule has 0 saturated heterocycles. The van der Waals surface area contributed by atoms with Gasteiger partial charge in [-0.2, -0.15) is 13.2 Å². The van der Waals surface area contributed by atoms with Crippen molar-refractivity contribution in [1.29, 1.82) is 0 Å². The van der Waals surface area contributed by atoms with Crippen molar-refractivity contribution in [2.75, 3.05) is 12.9 Å². The Morgan fingerprint density at radius 1 is 1.33 bits per heavy atom. The quantitative estimate of drug-likeness (QED) is 0.467. The van der Waals surface area contributed by atoms with Gasteiger partial charge in [0.1, 0.15) is 5.69 Å². The maximum Gasteiger partial charge on any atom is 0.416 e. The molecular weight excluding hydrogens is 345 g/mol. The second-order valence-electron chi connectivity index (χ2n) is 4.77. The topological polar surface area (TPSA) is 61.2 Å². The van der Waals surface area contributed by atoms with Crippen LogP contribution in [-0.4, -0.2) is 34.2 Å². The van der Waals surface area contributed by atoms with Gasteiger partial charge in [-0.25, -0.2) is 9.78 Å². The lowest BCUT2D eigenvalue weighted by Crippen LogP contribution is -2.10.